The van der Waals surface area contributed by atoms with E-state index in [9.17, 15) is 9.59 Å². The molecule has 0 radical (unpaired) electrons. The number of hydrogen-bond donors (Lipinski definition) is 2. The van der Waals surface area contributed by atoms with E-state index < -0.39 is 6.04 Å². The van der Waals surface area contributed by atoms with E-state index in [1.807, 2.05) is 97.1 Å². The Labute approximate surface area is 169 Å². The summed E-state index contributed by atoms with van der Waals surface area (Å²) < 4.78 is 0. The van der Waals surface area contributed by atoms with Crippen LogP contribution in [0.1, 0.15) is 22.0 Å². The first-order chi connectivity index (χ1) is 14.2. The Morgan fingerprint density at radius 1 is 0.655 bits per heavy atom. The molecule has 0 saturated heterocycles. The Kier molecular flexibility index (Phi) is 5.34. The van der Waals surface area contributed by atoms with Crippen LogP contribution < -0.4 is 10.6 Å². The lowest BCUT2D eigenvalue weighted by molar-refractivity contribution is -0.118. The van der Waals surface area contributed by atoms with Crippen LogP contribution in [0.4, 0.5) is 5.69 Å². The Hall–Kier alpha value is -3.92. The fraction of sp³-hybridized carbons (Fsp3) is 0.0400. The van der Waals surface area contributed by atoms with Gasteiger partial charge in [0.05, 0.1) is 0 Å². The van der Waals surface area contributed by atoms with Crippen molar-refractivity contribution < 1.29 is 9.59 Å². The minimum atomic E-state index is -0.810. The van der Waals surface area contributed by atoms with Gasteiger partial charge in [0.1, 0.15) is 6.04 Å². The number of benzene rings is 4. The summed E-state index contributed by atoms with van der Waals surface area (Å²) in [6, 6.07) is 31.0. The molecule has 0 aliphatic carbocycles. The van der Waals surface area contributed by atoms with E-state index in [-0.39, 0.29) is 11.8 Å². The number of amides is 2. The van der Waals surface area contributed by atoms with Crippen molar-refractivity contribution in [2.75, 3.05) is 5.32 Å². The molecule has 1 unspecified atom stereocenters. The largest absolute Gasteiger partial charge is 0.336 e. The van der Waals surface area contributed by atoms with Gasteiger partial charge in [-0.15, -0.1) is 0 Å². The number of fused-ring (bicyclic) bond motifs is 1. The second kappa shape index (κ2) is 8.40. The SMILES string of the molecule is O=C(NC(C(=O)Nc1ccccc1)c1ccccc1)c1ccc2ccccc2c1. The predicted octanol–water partition coefficient (Wildman–Crippen LogP) is 4.95. The zero-order valence-corrected chi connectivity index (χ0v) is 15.7. The van der Waals surface area contributed by atoms with Crippen LogP contribution in [-0.4, -0.2) is 11.8 Å². The molecule has 4 nitrogen and oxygen atoms in total. The zero-order chi connectivity index (χ0) is 20.1. The number of para-hydroxylation sites is 1. The van der Waals surface area contributed by atoms with Crippen molar-refractivity contribution in [2.24, 2.45) is 0 Å². The number of carbonyl (C=O) groups excluding carboxylic acids is 2. The van der Waals surface area contributed by atoms with Gasteiger partial charge in [-0.05, 0) is 40.6 Å². The van der Waals surface area contributed by atoms with Crippen molar-refractivity contribution in [1.82, 2.24) is 5.32 Å². The second-order valence-corrected chi connectivity index (χ2v) is 6.73. The van der Waals surface area contributed by atoms with Crippen molar-refractivity contribution in [3.05, 3.63) is 114 Å². The maximum Gasteiger partial charge on any atom is 0.252 e. The van der Waals surface area contributed by atoms with E-state index >= 15 is 0 Å². The van der Waals surface area contributed by atoms with Crippen LogP contribution in [0.15, 0.2) is 103 Å². The van der Waals surface area contributed by atoms with Gasteiger partial charge in [-0.3, -0.25) is 9.59 Å². The van der Waals surface area contributed by atoms with Gasteiger partial charge in [0, 0.05) is 11.3 Å². The molecule has 4 rings (SSSR count). The molecular formula is C25H20N2O2. The van der Waals surface area contributed by atoms with Crippen molar-refractivity contribution in [1.29, 1.82) is 0 Å². The highest BCUT2D eigenvalue weighted by Gasteiger charge is 2.23. The number of anilines is 1. The van der Waals surface area contributed by atoms with Crippen LogP contribution >= 0.6 is 0 Å². The van der Waals surface area contributed by atoms with Gasteiger partial charge < -0.3 is 10.6 Å². The Morgan fingerprint density at radius 3 is 2.00 bits per heavy atom. The third-order valence-corrected chi connectivity index (χ3v) is 4.72. The first-order valence-corrected chi connectivity index (χ1v) is 9.41. The van der Waals surface area contributed by atoms with Crippen molar-refractivity contribution in [3.8, 4) is 0 Å². The summed E-state index contributed by atoms with van der Waals surface area (Å²) in [5.74, 6) is -0.593. The van der Waals surface area contributed by atoms with Crippen molar-refractivity contribution in [2.45, 2.75) is 6.04 Å². The van der Waals surface area contributed by atoms with E-state index in [2.05, 4.69) is 10.6 Å². The quantitative estimate of drug-likeness (QED) is 0.515. The van der Waals surface area contributed by atoms with E-state index in [1.165, 1.54) is 0 Å². The molecule has 4 aromatic rings. The maximum atomic E-state index is 13.0. The lowest BCUT2D eigenvalue weighted by Gasteiger charge is -2.19. The molecule has 0 aliphatic heterocycles. The smallest absolute Gasteiger partial charge is 0.252 e. The summed E-state index contributed by atoms with van der Waals surface area (Å²) in [6.07, 6.45) is 0. The van der Waals surface area contributed by atoms with Crippen LogP contribution in [0.2, 0.25) is 0 Å². The first kappa shape index (κ1) is 18.4. The van der Waals surface area contributed by atoms with Gasteiger partial charge >= 0.3 is 0 Å². The van der Waals surface area contributed by atoms with Gasteiger partial charge in [-0.25, -0.2) is 0 Å². The molecule has 1 atom stereocenters. The highest BCUT2D eigenvalue weighted by atomic mass is 16.2. The number of rotatable bonds is 5. The predicted molar refractivity (Wildman–Crippen MR) is 116 cm³/mol. The second-order valence-electron chi connectivity index (χ2n) is 6.73. The van der Waals surface area contributed by atoms with E-state index in [0.29, 0.717) is 11.3 Å². The molecule has 2 N–H and O–H groups in total. The fourth-order valence-corrected chi connectivity index (χ4v) is 3.23. The van der Waals surface area contributed by atoms with Gasteiger partial charge in [0.25, 0.3) is 11.8 Å². The average molecular weight is 380 g/mol. The van der Waals surface area contributed by atoms with E-state index in [0.717, 1.165) is 16.3 Å². The summed E-state index contributed by atoms with van der Waals surface area (Å²) in [6.45, 7) is 0. The number of hydrogen-bond acceptors (Lipinski definition) is 2. The molecule has 29 heavy (non-hydrogen) atoms. The van der Waals surface area contributed by atoms with Crippen LogP contribution in [0.25, 0.3) is 10.8 Å². The topological polar surface area (TPSA) is 58.2 Å². The summed E-state index contributed by atoms with van der Waals surface area (Å²) in [7, 11) is 0. The molecule has 0 fully saturated rings. The Balaban J connectivity index is 1.60. The lowest BCUT2D eigenvalue weighted by Crippen LogP contribution is -2.37. The zero-order valence-electron chi connectivity index (χ0n) is 15.7. The van der Waals surface area contributed by atoms with E-state index in [4.69, 9.17) is 0 Å². The summed E-state index contributed by atoms with van der Waals surface area (Å²) in [5, 5.41) is 7.79. The van der Waals surface area contributed by atoms with Gasteiger partial charge in [0.2, 0.25) is 0 Å². The van der Waals surface area contributed by atoms with Crippen molar-refractivity contribution >= 4 is 28.3 Å². The first-order valence-electron chi connectivity index (χ1n) is 9.41. The molecule has 0 spiro atoms. The van der Waals surface area contributed by atoms with Crippen LogP contribution in [-0.2, 0) is 4.79 Å². The van der Waals surface area contributed by atoms with Gasteiger partial charge in [0.15, 0.2) is 0 Å². The summed E-state index contributed by atoms with van der Waals surface area (Å²) in [5.41, 5.74) is 1.91. The average Bonchev–Trinajstić information content (AvgIpc) is 2.78. The minimum Gasteiger partial charge on any atom is -0.336 e. The normalized spacial score (nSPS) is 11.6. The van der Waals surface area contributed by atoms with Crippen LogP contribution in [0.3, 0.4) is 0 Å². The third-order valence-electron chi connectivity index (χ3n) is 4.72. The molecule has 0 aromatic heterocycles. The van der Waals surface area contributed by atoms with E-state index in [1.54, 1.807) is 6.07 Å². The molecule has 4 aromatic carbocycles. The molecular weight excluding hydrogens is 360 g/mol. The van der Waals surface area contributed by atoms with Crippen LogP contribution in [0, 0.1) is 0 Å². The minimum absolute atomic E-state index is 0.295. The van der Waals surface area contributed by atoms with Gasteiger partial charge in [-0.2, -0.15) is 0 Å². The highest BCUT2D eigenvalue weighted by Crippen LogP contribution is 2.19. The third kappa shape index (κ3) is 4.33. The standard InChI is InChI=1S/C25H20N2O2/c28-24(21-16-15-18-9-7-8-12-20(18)17-21)27-23(19-10-3-1-4-11-19)25(29)26-22-13-5-2-6-14-22/h1-17,23H,(H,26,29)(H,27,28). The molecule has 0 bridgehead atoms. The number of nitrogens with one attached hydrogen (secondary N) is 2. The molecule has 0 saturated carbocycles. The molecule has 4 heteroatoms. The molecule has 0 heterocycles. The molecule has 0 aliphatic rings. The number of carbonyl (C=O) groups is 2. The van der Waals surface area contributed by atoms with Crippen molar-refractivity contribution in [3.63, 3.8) is 0 Å². The highest BCUT2D eigenvalue weighted by molar-refractivity contribution is 6.03. The van der Waals surface area contributed by atoms with Crippen LogP contribution in [0.5, 0.6) is 0 Å². The molecule has 2 amide bonds. The maximum absolute atomic E-state index is 13.0. The fourth-order valence-electron chi connectivity index (χ4n) is 3.23. The monoisotopic (exact) mass is 380 g/mol. The Morgan fingerprint density at radius 2 is 1.28 bits per heavy atom. The summed E-state index contributed by atoms with van der Waals surface area (Å²) >= 11 is 0. The van der Waals surface area contributed by atoms with Gasteiger partial charge in [-0.1, -0.05) is 78.9 Å². The lowest BCUT2D eigenvalue weighted by atomic mass is 10.0. The Bertz CT molecular complexity index is 1140. The molecule has 142 valence electrons. The summed E-state index contributed by atoms with van der Waals surface area (Å²) in [4.78, 5) is 25.9.